The molecule has 0 bridgehead atoms. The van der Waals surface area contributed by atoms with E-state index in [1.54, 1.807) is 0 Å². The van der Waals surface area contributed by atoms with Gasteiger partial charge in [0.25, 0.3) is 0 Å². The van der Waals surface area contributed by atoms with Gasteiger partial charge in [0.05, 0.1) is 5.69 Å². The van der Waals surface area contributed by atoms with Gasteiger partial charge in [-0.15, -0.1) is 0 Å². The van der Waals surface area contributed by atoms with Gasteiger partial charge in [-0.25, -0.2) is 0 Å². The molecule has 0 spiro atoms. The summed E-state index contributed by atoms with van der Waals surface area (Å²) < 4.78 is 1.01. The maximum absolute atomic E-state index is 12.1. The molecular formula is C13H18BrN3O. The molecule has 3 N–H and O–H groups in total. The molecule has 0 aliphatic carbocycles. The molecule has 0 saturated carbocycles. The fraction of sp³-hybridized carbons (Fsp3) is 0.462. The predicted octanol–water partition coefficient (Wildman–Crippen LogP) is 1.49. The van der Waals surface area contributed by atoms with E-state index in [0.29, 0.717) is 13.0 Å². The number of halogens is 1. The molecule has 1 saturated heterocycles. The van der Waals surface area contributed by atoms with Crippen molar-refractivity contribution < 1.29 is 4.79 Å². The third-order valence-electron chi connectivity index (χ3n) is 3.14. The molecular weight excluding hydrogens is 294 g/mol. The first-order valence-corrected chi connectivity index (χ1v) is 6.94. The number of nitrogens with two attached hydrogens (primary N) is 1. The van der Waals surface area contributed by atoms with Crippen molar-refractivity contribution in [2.45, 2.75) is 25.4 Å². The molecule has 1 amide bonds. The zero-order chi connectivity index (χ0) is 13.1. The van der Waals surface area contributed by atoms with Gasteiger partial charge in [0.1, 0.15) is 6.04 Å². The summed E-state index contributed by atoms with van der Waals surface area (Å²) in [6.45, 7) is 3.33. The van der Waals surface area contributed by atoms with E-state index in [-0.39, 0.29) is 18.0 Å². The fourth-order valence-electron chi connectivity index (χ4n) is 2.34. The number of anilines is 1. The van der Waals surface area contributed by atoms with Gasteiger partial charge in [0.2, 0.25) is 5.91 Å². The minimum Gasteiger partial charge on any atom is -0.357 e. The summed E-state index contributed by atoms with van der Waals surface area (Å²) in [5.74, 6) is 0.0648. The van der Waals surface area contributed by atoms with Crippen LogP contribution >= 0.6 is 15.9 Å². The van der Waals surface area contributed by atoms with Crippen molar-refractivity contribution in [3.8, 4) is 0 Å². The lowest BCUT2D eigenvalue weighted by atomic mass is 10.0. The van der Waals surface area contributed by atoms with E-state index < -0.39 is 0 Å². The topological polar surface area (TPSA) is 58.4 Å². The summed E-state index contributed by atoms with van der Waals surface area (Å²) in [6, 6.07) is 7.95. The molecule has 1 aromatic rings. The number of hydrogen-bond donors (Lipinski definition) is 2. The van der Waals surface area contributed by atoms with Crippen molar-refractivity contribution in [3.05, 3.63) is 28.7 Å². The molecule has 1 aliphatic heterocycles. The number of benzene rings is 1. The van der Waals surface area contributed by atoms with Gasteiger partial charge in [0.15, 0.2) is 0 Å². The Morgan fingerprint density at radius 3 is 2.89 bits per heavy atom. The minimum absolute atomic E-state index is 0.0648. The zero-order valence-corrected chi connectivity index (χ0v) is 12.0. The number of carbonyl (C=O) groups is 1. The van der Waals surface area contributed by atoms with Crippen LogP contribution in [-0.2, 0) is 4.79 Å². The summed E-state index contributed by atoms with van der Waals surface area (Å²) in [6.07, 6.45) is 0.667. The van der Waals surface area contributed by atoms with Crippen LogP contribution in [-0.4, -0.2) is 31.1 Å². The molecule has 1 heterocycles. The Balaban J connectivity index is 2.32. The predicted molar refractivity (Wildman–Crippen MR) is 76.6 cm³/mol. The molecule has 0 aromatic heterocycles. The van der Waals surface area contributed by atoms with Gasteiger partial charge in [-0.05, 0) is 48.0 Å². The largest absolute Gasteiger partial charge is 0.357 e. The SMILES string of the molecule is CC1CN(c2ccccc2Br)C(CCN)C(=O)N1. The molecule has 1 aliphatic rings. The quantitative estimate of drug-likeness (QED) is 0.889. The van der Waals surface area contributed by atoms with Crippen LogP contribution < -0.4 is 16.0 Å². The third-order valence-corrected chi connectivity index (χ3v) is 3.81. The van der Waals surface area contributed by atoms with E-state index in [0.717, 1.165) is 16.7 Å². The lowest BCUT2D eigenvalue weighted by Crippen LogP contribution is -2.59. The average molecular weight is 312 g/mol. The molecule has 1 aromatic carbocycles. The van der Waals surface area contributed by atoms with Gasteiger partial charge < -0.3 is 16.0 Å². The monoisotopic (exact) mass is 311 g/mol. The van der Waals surface area contributed by atoms with Crippen LogP contribution in [0.4, 0.5) is 5.69 Å². The summed E-state index contributed by atoms with van der Waals surface area (Å²) >= 11 is 3.55. The highest BCUT2D eigenvalue weighted by molar-refractivity contribution is 9.10. The van der Waals surface area contributed by atoms with E-state index >= 15 is 0 Å². The third kappa shape index (κ3) is 2.67. The second-order valence-corrected chi connectivity index (χ2v) is 5.46. The van der Waals surface area contributed by atoms with E-state index in [9.17, 15) is 4.79 Å². The average Bonchev–Trinajstić information content (AvgIpc) is 2.33. The smallest absolute Gasteiger partial charge is 0.243 e. The normalized spacial score (nSPS) is 23.9. The Hall–Kier alpha value is -1.07. The fourth-order valence-corrected chi connectivity index (χ4v) is 2.86. The van der Waals surface area contributed by atoms with E-state index in [2.05, 4.69) is 26.1 Å². The lowest BCUT2D eigenvalue weighted by Gasteiger charge is -2.40. The zero-order valence-electron chi connectivity index (χ0n) is 10.4. The Morgan fingerprint density at radius 1 is 1.50 bits per heavy atom. The van der Waals surface area contributed by atoms with Crippen molar-refractivity contribution in [2.24, 2.45) is 5.73 Å². The number of nitrogens with zero attached hydrogens (tertiary/aromatic N) is 1. The van der Waals surface area contributed by atoms with Gasteiger partial charge in [-0.3, -0.25) is 4.79 Å². The number of piperazine rings is 1. The maximum atomic E-state index is 12.1. The Bertz CT molecular complexity index is 438. The Labute approximate surface area is 116 Å². The number of amides is 1. The second kappa shape index (κ2) is 5.71. The van der Waals surface area contributed by atoms with Crippen molar-refractivity contribution in [1.82, 2.24) is 5.32 Å². The number of rotatable bonds is 3. The van der Waals surface area contributed by atoms with E-state index in [4.69, 9.17) is 5.73 Å². The number of nitrogens with one attached hydrogen (secondary N) is 1. The van der Waals surface area contributed by atoms with Crippen LogP contribution in [0.1, 0.15) is 13.3 Å². The van der Waals surface area contributed by atoms with Crippen LogP contribution in [0.25, 0.3) is 0 Å². The first kappa shape index (κ1) is 13.4. The number of hydrogen-bond acceptors (Lipinski definition) is 3. The van der Waals surface area contributed by atoms with Crippen LogP contribution in [0.3, 0.4) is 0 Å². The van der Waals surface area contributed by atoms with Crippen molar-refractivity contribution in [2.75, 3.05) is 18.0 Å². The summed E-state index contributed by atoms with van der Waals surface area (Å²) in [5.41, 5.74) is 6.67. The highest BCUT2D eigenvalue weighted by Gasteiger charge is 2.32. The standard InChI is InChI=1S/C13H18BrN3O/c1-9-8-17(11-5-3-2-4-10(11)14)12(6-7-15)13(18)16-9/h2-5,9,12H,6-8,15H2,1H3,(H,16,18). The van der Waals surface area contributed by atoms with E-state index in [1.165, 1.54) is 0 Å². The van der Waals surface area contributed by atoms with Crippen molar-refractivity contribution in [3.63, 3.8) is 0 Å². The number of carbonyl (C=O) groups excluding carboxylic acids is 1. The van der Waals surface area contributed by atoms with Crippen molar-refractivity contribution in [1.29, 1.82) is 0 Å². The molecule has 0 radical (unpaired) electrons. The summed E-state index contributed by atoms with van der Waals surface area (Å²) in [5, 5.41) is 2.98. The first-order valence-electron chi connectivity index (χ1n) is 6.15. The van der Waals surface area contributed by atoms with Gasteiger partial charge in [-0.2, -0.15) is 0 Å². The molecule has 98 valence electrons. The van der Waals surface area contributed by atoms with E-state index in [1.807, 2.05) is 31.2 Å². The molecule has 5 heteroatoms. The summed E-state index contributed by atoms with van der Waals surface area (Å²) in [7, 11) is 0. The minimum atomic E-state index is -0.176. The van der Waals surface area contributed by atoms with Gasteiger partial charge in [0, 0.05) is 17.1 Å². The highest BCUT2D eigenvalue weighted by atomic mass is 79.9. The van der Waals surface area contributed by atoms with Crippen LogP contribution in [0.15, 0.2) is 28.7 Å². The Morgan fingerprint density at radius 2 is 2.22 bits per heavy atom. The summed E-state index contributed by atoms with van der Waals surface area (Å²) in [4.78, 5) is 14.2. The van der Waals surface area contributed by atoms with Gasteiger partial charge in [-0.1, -0.05) is 12.1 Å². The number of para-hydroxylation sites is 1. The van der Waals surface area contributed by atoms with Crippen LogP contribution in [0.2, 0.25) is 0 Å². The molecule has 2 rings (SSSR count). The maximum Gasteiger partial charge on any atom is 0.243 e. The Kier molecular flexibility index (Phi) is 4.24. The molecule has 4 nitrogen and oxygen atoms in total. The highest BCUT2D eigenvalue weighted by Crippen LogP contribution is 2.29. The molecule has 2 atom stereocenters. The second-order valence-electron chi connectivity index (χ2n) is 4.61. The van der Waals surface area contributed by atoms with Crippen molar-refractivity contribution >= 4 is 27.5 Å². The molecule has 18 heavy (non-hydrogen) atoms. The molecule has 2 unspecified atom stereocenters. The first-order chi connectivity index (χ1) is 8.63. The molecule has 1 fully saturated rings. The lowest BCUT2D eigenvalue weighted by molar-refractivity contribution is -0.124. The van der Waals surface area contributed by atoms with Gasteiger partial charge >= 0.3 is 0 Å². The van der Waals surface area contributed by atoms with Crippen LogP contribution in [0.5, 0.6) is 0 Å². The van der Waals surface area contributed by atoms with Crippen LogP contribution in [0, 0.1) is 0 Å².